The molecular formula is C13H10Br2N2O2S. The predicted molar refractivity (Wildman–Crippen MR) is 85.8 cm³/mol. The normalized spacial score (nSPS) is 10.3. The highest BCUT2D eigenvalue weighted by Crippen LogP contribution is 2.36. The minimum atomic E-state index is -0.635. The molecule has 0 bridgehead atoms. The smallest absolute Gasteiger partial charge is 0.254 e. The van der Waals surface area contributed by atoms with Crippen molar-refractivity contribution in [2.75, 3.05) is 0 Å². The van der Waals surface area contributed by atoms with Gasteiger partial charge in [0, 0.05) is 6.54 Å². The summed E-state index contributed by atoms with van der Waals surface area (Å²) in [5.74, 6) is -0.972. The first-order chi connectivity index (χ1) is 9.50. The molecule has 0 radical (unpaired) electrons. The molecule has 0 spiro atoms. The van der Waals surface area contributed by atoms with Gasteiger partial charge in [0.25, 0.3) is 11.8 Å². The lowest BCUT2D eigenvalue weighted by Crippen LogP contribution is -2.26. The molecule has 0 aliphatic rings. The van der Waals surface area contributed by atoms with Gasteiger partial charge in [-0.25, -0.2) is 0 Å². The Morgan fingerprint density at radius 1 is 1.10 bits per heavy atom. The van der Waals surface area contributed by atoms with Crippen LogP contribution < -0.4 is 11.1 Å². The van der Waals surface area contributed by atoms with Crippen molar-refractivity contribution >= 4 is 55.0 Å². The van der Waals surface area contributed by atoms with Gasteiger partial charge in [-0.1, -0.05) is 30.3 Å². The number of rotatable bonds is 4. The quantitative estimate of drug-likeness (QED) is 0.800. The maximum absolute atomic E-state index is 12.2. The maximum Gasteiger partial charge on any atom is 0.254 e. The van der Waals surface area contributed by atoms with Crippen LogP contribution in [-0.4, -0.2) is 11.8 Å². The van der Waals surface area contributed by atoms with Crippen LogP contribution in [-0.2, 0) is 6.54 Å². The van der Waals surface area contributed by atoms with Gasteiger partial charge in [0.05, 0.1) is 18.7 Å². The average Bonchev–Trinajstić information content (AvgIpc) is 2.72. The van der Waals surface area contributed by atoms with Gasteiger partial charge in [-0.3, -0.25) is 9.59 Å². The predicted octanol–water partition coefficient (Wildman–Crippen LogP) is 3.30. The molecule has 0 unspecified atom stereocenters. The third kappa shape index (κ3) is 3.28. The molecule has 7 heteroatoms. The second kappa shape index (κ2) is 6.51. The molecule has 2 amide bonds. The van der Waals surface area contributed by atoms with Crippen LogP contribution >= 0.6 is 43.2 Å². The van der Waals surface area contributed by atoms with Crippen LogP contribution in [0.15, 0.2) is 37.9 Å². The Labute approximate surface area is 136 Å². The van der Waals surface area contributed by atoms with Crippen LogP contribution in [0, 0.1) is 0 Å². The molecule has 1 aromatic heterocycles. The average molecular weight is 418 g/mol. The molecule has 104 valence electrons. The summed E-state index contributed by atoms with van der Waals surface area (Å²) in [5, 5.41) is 2.77. The van der Waals surface area contributed by atoms with Gasteiger partial charge >= 0.3 is 0 Å². The number of halogens is 2. The molecule has 20 heavy (non-hydrogen) atoms. The van der Waals surface area contributed by atoms with Crippen LogP contribution in [0.5, 0.6) is 0 Å². The third-order valence-corrected chi connectivity index (χ3v) is 5.12. The summed E-state index contributed by atoms with van der Waals surface area (Å²) in [5.41, 5.74) is 6.76. The van der Waals surface area contributed by atoms with E-state index in [2.05, 4.69) is 37.2 Å². The molecule has 0 atom stereocenters. The largest absolute Gasteiger partial charge is 0.366 e. The second-order valence-corrected chi connectivity index (χ2v) is 7.59. The van der Waals surface area contributed by atoms with Crippen molar-refractivity contribution in [1.29, 1.82) is 0 Å². The number of hydrogen-bond acceptors (Lipinski definition) is 3. The van der Waals surface area contributed by atoms with E-state index >= 15 is 0 Å². The van der Waals surface area contributed by atoms with Crippen LogP contribution in [0.3, 0.4) is 0 Å². The molecule has 0 aliphatic carbocycles. The highest BCUT2D eigenvalue weighted by Gasteiger charge is 2.24. The Balaban J connectivity index is 2.20. The van der Waals surface area contributed by atoms with Gasteiger partial charge in [-0.15, -0.1) is 11.3 Å². The molecule has 3 N–H and O–H groups in total. The number of nitrogens with two attached hydrogens (primary N) is 1. The van der Waals surface area contributed by atoms with Crippen molar-refractivity contribution in [3.05, 3.63) is 54.6 Å². The van der Waals surface area contributed by atoms with E-state index in [0.29, 0.717) is 14.1 Å². The second-order valence-electron chi connectivity index (χ2n) is 3.93. The van der Waals surface area contributed by atoms with E-state index in [1.165, 1.54) is 11.3 Å². The summed E-state index contributed by atoms with van der Waals surface area (Å²) >= 11 is 7.77. The van der Waals surface area contributed by atoms with Crippen molar-refractivity contribution in [3.63, 3.8) is 0 Å². The number of nitrogens with one attached hydrogen (secondary N) is 1. The van der Waals surface area contributed by atoms with Crippen molar-refractivity contribution in [3.8, 4) is 0 Å². The molecule has 2 rings (SSSR count). The lowest BCUT2D eigenvalue weighted by molar-refractivity contribution is 0.0934. The van der Waals surface area contributed by atoms with Gasteiger partial charge in [0.2, 0.25) is 0 Å². The molecular weight excluding hydrogens is 408 g/mol. The molecule has 2 aromatic rings. The molecule has 4 nitrogen and oxygen atoms in total. The highest BCUT2D eigenvalue weighted by atomic mass is 79.9. The number of carbonyl (C=O) groups is 2. The Morgan fingerprint density at radius 2 is 1.70 bits per heavy atom. The lowest BCUT2D eigenvalue weighted by atomic mass is 10.1. The minimum Gasteiger partial charge on any atom is -0.366 e. The van der Waals surface area contributed by atoms with Gasteiger partial charge < -0.3 is 11.1 Å². The topological polar surface area (TPSA) is 72.2 Å². The lowest BCUT2D eigenvalue weighted by Gasteiger charge is -2.06. The van der Waals surface area contributed by atoms with Crippen LogP contribution in [0.4, 0.5) is 0 Å². The monoisotopic (exact) mass is 416 g/mol. The molecule has 0 aliphatic heterocycles. The van der Waals surface area contributed by atoms with Gasteiger partial charge in [-0.2, -0.15) is 0 Å². The fourth-order valence-electron chi connectivity index (χ4n) is 1.67. The number of hydrogen-bond donors (Lipinski definition) is 2. The SMILES string of the molecule is NC(=O)c1c(Br)sc(Br)c1C(=O)NCc1ccccc1. The van der Waals surface area contributed by atoms with E-state index in [0.717, 1.165) is 5.56 Å². The number of carbonyl (C=O) groups excluding carboxylic acids is 2. The van der Waals surface area contributed by atoms with Crippen LogP contribution in [0.2, 0.25) is 0 Å². The van der Waals surface area contributed by atoms with Gasteiger partial charge in [0.1, 0.15) is 0 Å². The first kappa shape index (κ1) is 15.2. The molecule has 0 saturated heterocycles. The summed E-state index contributed by atoms with van der Waals surface area (Å²) in [6.45, 7) is 0.387. The Bertz CT molecular complexity index is 656. The van der Waals surface area contributed by atoms with E-state index in [9.17, 15) is 9.59 Å². The molecule has 1 aromatic carbocycles. The summed E-state index contributed by atoms with van der Waals surface area (Å²) < 4.78 is 1.12. The van der Waals surface area contributed by atoms with Crippen molar-refractivity contribution in [2.45, 2.75) is 6.54 Å². The van der Waals surface area contributed by atoms with Crippen LogP contribution in [0.1, 0.15) is 26.3 Å². The number of primary amides is 1. The zero-order chi connectivity index (χ0) is 14.7. The standard InChI is InChI=1S/C13H10Br2N2O2S/c14-10-8(12(16)18)9(11(15)20-10)13(19)17-6-7-4-2-1-3-5-7/h1-5H,6H2,(H2,16,18)(H,17,19). The zero-order valence-electron chi connectivity index (χ0n) is 10.2. The number of thiophene rings is 1. The molecule has 1 heterocycles. The molecule has 0 fully saturated rings. The van der Waals surface area contributed by atoms with Crippen molar-refractivity contribution in [1.82, 2.24) is 5.32 Å². The third-order valence-electron chi connectivity index (χ3n) is 2.59. The van der Waals surface area contributed by atoms with Crippen molar-refractivity contribution in [2.24, 2.45) is 5.73 Å². The first-order valence-corrected chi connectivity index (χ1v) is 8.00. The number of amides is 2. The van der Waals surface area contributed by atoms with E-state index in [-0.39, 0.29) is 17.0 Å². The Morgan fingerprint density at radius 3 is 2.30 bits per heavy atom. The summed E-state index contributed by atoms with van der Waals surface area (Å²) in [7, 11) is 0. The van der Waals surface area contributed by atoms with E-state index < -0.39 is 5.91 Å². The maximum atomic E-state index is 12.2. The van der Waals surface area contributed by atoms with E-state index in [1.807, 2.05) is 30.3 Å². The fraction of sp³-hybridized carbons (Fsp3) is 0.0769. The number of benzene rings is 1. The first-order valence-electron chi connectivity index (χ1n) is 5.60. The Hall–Kier alpha value is -1.18. The summed E-state index contributed by atoms with van der Waals surface area (Å²) in [4.78, 5) is 23.6. The Kier molecular flexibility index (Phi) is 4.95. The zero-order valence-corrected chi connectivity index (χ0v) is 14.1. The summed E-state index contributed by atoms with van der Waals surface area (Å²) in [6.07, 6.45) is 0. The summed E-state index contributed by atoms with van der Waals surface area (Å²) in [6, 6.07) is 9.52. The van der Waals surface area contributed by atoms with E-state index in [4.69, 9.17) is 5.73 Å². The van der Waals surface area contributed by atoms with Gasteiger partial charge in [0.15, 0.2) is 0 Å². The van der Waals surface area contributed by atoms with Crippen molar-refractivity contribution < 1.29 is 9.59 Å². The molecule has 0 saturated carbocycles. The minimum absolute atomic E-state index is 0.201. The van der Waals surface area contributed by atoms with E-state index in [1.54, 1.807) is 0 Å². The fourth-order valence-corrected chi connectivity index (χ4v) is 4.82. The highest BCUT2D eigenvalue weighted by molar-refractivity contribution is 9.12. The van der Waals surface area contributed by atoms with Crippen LogP contribution in [0.25, 0.3) is 0 Å². The van der Waals surface area contributed by atoms with Gasteiger partial charge in [-0.05, 0) is 37.4 Å².